The fourth-order valence-corrected chi connectivity index (χ4v) is 2.71. The van der Waals surface area contributed by atoms with E-state index in [1.165, 1.54) is 6.07 Å². The van der Waals surface area contributed by atoms with E-state index >= 15 is 0 Å². The zero-order valence-electron chi connectivity index (χ0n) is 14.8. The topological polar surface area (TPSA) is 62.5 Å². The molecule has 25 heavy (non-hydrogen) atoms. The second-order valence-electron chi connectivity index (χ2n) is 5.54. The summed E-state index contributed by atoms with van der Waals surface area (Å²) in [5, 5.41) is 10.6. The Labute approximate surface area is 156 Å². The fraction of sp³-hybridized carbons (Fsp3) is 0.444. The summed E-state index contributed by atoms with van der Waals surface area (Å²) in [6.07, 6.45) is 1.63. The Morgan fingerprint density at radius 2 is 2.04 bits per heavy atom. The lowest BCUT2D eigenvalue weighted by molar-refractivity contribution is 0.380. The van der Waals surface area contributed by atoms with E-state index in [1.807, 2.05) is 19.9 Å². The lowest BCUT2D eigenvalue weighted by Crippen LogP contribution is -2.37. The molecule has 0 radical (unpaired) electrons. The van der Waals surface area contributed by atoms with Gasteiger partial charge in [-0.1, -0.05) is 25.1 Å². The fourth-order valence-electron chi connectivity index (χ4n) is 2.46. The summed E-state index contributed by atoms with van der Waals surface area (Å²) in [6, 6.07) is 5.03. The normalized spacial score (nSPS) is 11.6. The summed E-state index contributed by atoms with van der Waals surface area (Å²) >= 11 is 3.16. The number of aliphatic imine (C=N–C) groups is 1. The smallest absolute Gasteiger partial charge is 0.191 e. The molecule has 0 atom stereocenters. The van der Waals surface area contributed by atoms with Gasteiger partial charge in [-0.15, -0.1) is 0 Å². The van der Waals surface area contributed by atoms with Crippen molar-refractivity contribution in [1.29, 1.82) is 0 Å². The maximum Gasteiger partial charge on any atom is 0.191 e. The lowest BCUT2D eigenvalue weighted by Gasteiger charge is -2.12. The number of guanidine groups is 1. The number of hydrogen-bond donors (Lipinski definition) is 2. The number of rotatable bonds is 7. The second-order valence-corrected chi connectivity index (χ2v) is 6.39. The number of hydrogen-bond acceptors (Lipinski definition) is 3. The van der Waals surface area contributed by atoms with Crippen LogP contribution < -0.4 is 10.6 Å². The molecule has 0 unspecified atom stereocenters. The molecule has 0 amide bonds. The van der Waals surface area contributed by atoms with Crippen molar-refractivity contribution in [3.8, 4) is 0 Å². The van der Waals surface area contributed by atoms with Crippen LogP contribution in [0.1, 0.15) is 43.4 Å². The average Bonchev–Trinajstić information content (AvgIpc) is 3.02. The zero-order valence-corrected chi connectivity index (χ0v) is 16.4. The van der Waals surface area contributed by atoms with Crippen LogP contribution in [-0.4, -0.2) is 17.7 Å². The molecule has 2 N–H and O–H groups in total. The third-order valence-electron chi connectivity index (χ3n) is 3.79. The van der Waals surface area contributed by atoms with Crippen LogP contribution in [0.3, 0.4) is 0 Å². The molecule has 7 heteroatoms. The Morgan fingerprint density at radius 3 is 2.68 bits per heavy atom. The minimum Gasteiger partial charge on any atom is -0.361 e. The molecule has 1 aromatic heterocycles. The standard InChI is InChI=1S/C18H24BrFN4O/c1-4-16-13(17(5-2)25-24-16)11-23-18(21-6-3)22-10-12-7-8-14(19)15(20)9-12/h7-9H,4-6,10-11H2,1-3H3,(H2,21,22,23). The van der Waals surface area contributed by atoms with Gasteiger partial charge < -0.3 is 15.2 Å². The largest absolute Gasteiger partial charge is 0.361 e. The van der Waals surface area contributed by atoms with E-state index in [4.69, 9.17) is 4.52 Å². The number of aryl methyl sites for hydroxylation is 2. The first-order valence-corrected chi connectivity index (χ1v) is 9.30. The summed E-state index contributed by atoms with van der Waals surface area (Å²) in [7, 11) is 0. The van der Waals surface area contributed by atoms with Gasteiger partial charge >= 0.3 is 0 Å². The highest BCUT2D eigenvalue weighted by atomic mass is 79.9. The van der Waals surface area contributed by atoms with Gasteiger partial charge in [0.1, 0.15) is 11.6 Å². The van der Waals surface area contributed by atoms with Crippen LogP contribution in [0.25, 0.3) is 0 Å². The number of nitrogens with one attached hydrogen (secondary N) is 2. The van der Waals surface area contributed by atoms with Gasteiger partial charge in [0.05, 0.1) is 16.7 Å². The van der Waals surface area contributed by atoms with Gasteiger partial charge in [-0.25, -0.2) is 9.38 Å². The van der Waals surface area contributed by atoms with Gasteiger partial charge in [0, 0.05) is 25.1 Å². The van der Waals surface area contributed by atoms with Crippen LogP contribution >= 0.6 is 15.9 Å². The molecule has 2 rings (SSSR count). The van der Waals surface area contributed by atoms with Crippen LogP contribution in [0.5, 0.6) is 0 Å². The molecule has 0 saturated carbocycles. The summed E-state index contributed by atoms with van der Waals surface area (Å²) < 4.78 is 19.4. The van der Waals surface area contributed by atoms with Crippen LogP contribution in [0.2, 0.25) is 0 Å². The van der Waals surface area contributed by atoms with E-state index < -0.39 is 0 Å². The molecular formula is C18H24BrFN4O. The summed E-state index contributed by atoms with van der Waals surface area (Å²) in [5.41, 5.74) is 2.87. The van der Waals surface area contributed by atoms with Gasteiger partial charge in [-0.05, 0) is 47.0 Å². The van der Waals surface area contributed by atoms with Crippen molar-refractivity contribution in [3.63, 3.8) is 0 Å². The monoisotopic (exact) mass is 410 g/mol. The number of benzene rings is 1. The predicted octanol–water partition coefficient (Wildman–Crippen LogP) is 3.96. The van der Waals surface area contributed by atoms with Crippen molar-refractivity contribution >= 4 is 21.9 Å². The highest BCUT2D eigenvalue weighted by Crippen LogP contribution is 2.17. The van der Waals surface area contributed by atoms with E-state index in [1.54, 1.807) is 6.07 Å². The zero-order chi connectivity index (χ0) is 18.2. The molecule has 0 aliphatic carbocycles. The van der Waals surface area contributed by atoms with E-state index in [2.05, 4.69) is 43.6 Å². The van der Waals surface area contributed by atoms with Gasteiger partial charge in [0.2, 0.25) is 0 Å². The minimum atomic E-state index is -0.282. The first-order chi connectivity index (χ1) is 12.1. The van der Waals surface area contributed by atoms with Crippen LogP contribution in [0.4, 0.5) is 4.39 Å². The Hall–Kier alpha value is -1.89. The van der Waals surface area contributed by atoms with Gasteiger partial charge in [0.15, 0.2) is 5.96 Å². The van der Waals surface area contributed by atoms with Crippen molar-refractivity contribution in [2.75, 3.05) is 6.54 Å². The molecule has 0 aliphatic heterocycles. The molecule has 136 valence electrons. The lowest BCUT2D eigenvalue weighted by atomic mass is 10.1. The molecule has 5 nitrogen and oxygen atoms in total. The van der Waals surface area contributed by atoms with Gasteiger partial charge in [-0.3, -0.25) is 0 Å². The van der Waals surface area contributed by atoms with Gasteiger partial charge in [0.25, 0.3) is 0 Å². The summed E-state index contributed by atoms with van der Waals surface area (Å²) in [5.74, 6) is 1.29. The highest BCUT2D eigenvalue weighted by Gasteiger charge is 2.13. The van der Waals surface area contributed by atoms with Crippen molar-refractivity contribution in [2.45, 2.75) is 46.7 Å². The Bertz CT molecular complexity index is 708. The Balaban J connectivity index is 2.07. The maximum absolute atomic E-state index is 13.6. The van der Waals surface area contributed by atoms with Crippen molar-refractivity contribution < 1.29 is 8.91 Å². The third kappa shape index (κ3) is 5.29. The van der Waals surface area contributed by atoms with Crippen molar-refractivity contribution in [2.24, 2.45) is 4.99 Å². The highest BCUT2D eigenvalue weighted by molar-refractivity contribution is 9.10. The summed E-state index contributed by atoms with van der Waals surface area (Å²) in [6.45, 7) is 7.84. The molecule has 0 fully saturated rings. The van der Waals surface area contributed by atoms with Crippen molar-refractivity contribution in [1.82, 2.24) is 15.8 Å². The molecule has 1 aromatic carbocycles. The average molecular weight is 411 g/mol. The van der Waals surface area contributed by atoms with E-state index in [0.717, 1.165) is 42.0 Å². The molecule has 0 aliphatic rings. The first kappa shape index (κ1) is 19.4. The quantitative estimate of drug-likeness (QED) is 0.535. The van der Waals surface area contributed by atoms with Crippen LogP contribution in [0, 0.1) is 5.82 Å². The van der Waals surface area contributed by atoms with Crippen molar-refractivity contribution in [3.05, 3.63) is 51.1 Å². The number of nitrogens with zero attached hydrogens (tertiary/aromatic N) is 2. The first-order valence-electron chi connectivity index (χ1n) is 8.51. The molecule has 2 aromatic rings. The molecule has 1 heterocycles. The Morgan fingerprint density at radius 1 is 1.24 bits per heavy atom. The molecule has 0 bridgehead atoms. The predicted molar refractivity (Wildman–Crippen MR) is 101 cm³/mol. The molecular weight excluding hydrogens is 387 g/mol. The number of halogens is 2. The Kier molecular flexibility index (Phi) is 7.43. The van der Waals surface area contributed by atoms with E-state index in [9.17, 15) is 4.39 Å². The third-order valence-corrected chi connectivity index (χ3v) is 4.43. The maximum atomic E-state index is 13.6. The van der Waals surface area contributed by atoms with E-state index in [-0.39, 0.29) is 5.82 Å². The van der Waals surface area contributed by atoms with Gasteiger partial charge in [-0.2, -0.15) is 0 Å². The second kappa shape index (κ2) is 9.56. The SMILES string of the molecule is CCNC(=NCc1ccc(Br)c(F)c1)NCc1c(CC)noc1CC. The van der Waals surface area contributed by atoms with Crippen LogP contribution in [-0.2, 0) is 25.9 Å². The number of aromatic nitrogens is 1. The minimum absolute atomic E-state index is 0.282. The molecule has 0 spiro atoms. The van der Waals surface area contributed by atoms with E-state index in [0.29, 0.717) is 23.5 Å². The van der Waals surface area contributed by atoms with Crippen LogP contribution in [0.15, 0.2) is 32.2 Å². The molecule has 0 saturated heterocycles. The summed E-state index contributed by atoms with van der Waals surface area (Å²) in [4.78, 5) is 4.53.